The van der Waals surface area contributed by atoms with Crippen LogP contribution in [0.3, 0.4) is 0 Å². The molecule has 0 saturated carbocycles. The molecule has 4 aliphatic heterocycles. The highest BCUT2D eigenvalue weighted by Crippen LogP contribution is 2.46. The number of likely N-dealkylation sites (tertiary alicyclic amines) is 1. The van der Waals surface area contributed by atoms with Gasteiger partial charge >= 0.3 is 0 Å². The Kier molecular flexibility index (Phi) is 4.82. The molecule has 29 heavy (non-hydrogen) atoms. The molecule has 0 N–H and O–H groups in total. The van der Waals surface area contributed by atoms with Crippen LogP contribution in [-0.4, -0.2) is 64.1 Å². The average molecular weight is 395 g/mol. The fraction of sp³-hybridized carbons (Fsp3) is 0.565. The molecule has 0 radical (unpaired) electrons. The Labute approximate surface area is 172 Å². The predicted octanol–water partition coefficient (Wildman–Crippen LogP) is 2.68. The molecule has 154 valence electrons. The number of hydrogen-bond donors (Lipinski definition) is 0. The van der Waals surface area contributed by atoms with Crippen molar-refractivity contribution in [3.63, 3.8) is 0 Å². The van der Waals surface area contributed by atoms with E-state index in [9.17, 15) is 4.79 Å². The second kappa shape index (κ2) is 7.48. The summed E-state index contributed by atoms with van der Waals surface area (Å²) in [5, 5.41) is 0. The van der Waals surface area contributed by atoms with E-state index >= 15 is 0 Å². The van der Waals surface area contributed by atoms with Gasteiger partial charge in [-0.15, -0.1) is 0 Å². The summed E-state index contributed by atoms with van der Waals surface area (Å²) in [5.74, 6) is 3.17. The quantitative estimate of drug-likeness (QED) is 0.782. The minimum Gasteiger partial charge on any atom is -0.497 e. The number of imidazole rings is 1. The van der Waals surface area contributed by atoms with Gasteiger partial charge in [-0.1, -0.05) is 12.1 Å². The number of aryl methyl sites for hydroxylation is 2. The van der Waals surface area contributed by atoms with E-state index in [0.717, 1.165) is 18.1 Å². The summed E-state index contributed by atoms with van der Waals surface area (Å²) < 4.78 is 7.41. The summed E-state index contributed by atoms with van der Waals surface area (Å²) in [7, 11) is 1.70. The molecule has 4 saturated heterocycles. The number of methoxy groups -OCH3 is 1. The maximum Gasteiger partial charge on any atom is 0.224 e. The molecule has 1 amide bonds. The van der Waals surface area contributed by atoms with Crippen LogP contribution in [0.15, 0.2) is 36.7 Å². The van der Waals surface area contributed by atoms with Crippen molar-refractivity contribution < 1.29 is 9.53 Å². The molecule has 1 aromatic carbocycles. The van der Waals surface area contributed by atoms with Gasteiger partial charge in [-0.3, -0.25) is 9.69 Å². The van der Waals surface area contributed by atoms with Gasteiger partial charge in [0.1, 0.15) is 11.6 Å². The van der Waals surface area contributed by atoms with Gasteiger partial charge in [0.05, 0.1) is 13.2 Å². The van der Waals surface area contributed by atoms with Gasteiger partial charge in [-0.05, 0) is 56.5 Å². The van der Waals surface area contributed by atoms with Gasteiger partial charge in [0, 0.05) is 43.9 Å². The van der Waals surface area contributed by atoms with Gasteiger partial charge in [0.25, 0.3) is 0 Å². The number of carbonyl (C=O) groups excluding carboxylic acids is 1. The zero-order valence-corrected chi connectivity index (χ0v) is 17.3. The number of nitrogens with zero attached hydrogens (tertiary/aromatic N) is 4. The Balaban J connectivity index is 1.38. The van der Waals surface area contributed by atoms with Crippen LogP contribution in [0.25, 0.3) is 0 Å². The molecular formula is C23H30N4O2. The largest absolute Gasteiger partial charge is 0.497 e. The number of piperidine rings is 3. The summed E-state index contributed by atoms with van der Waals surface area (Å²) in [4.78, 5) is 22.5. The molecule has 2 bridgehead atoms. The van der Waals surface area contributed by atoms with Crippen LogP contribution in [0.1, 0.15) is 36.6 Å². The Hall–Kier alpha value is -2.34. The highest BCUT2D eigenvalue weighted by molar-refractivity contribution is 5.77. The Bertz CT molecular complexity index is 869. The second-order valence-electron chi connectivity index (χ2n) is 8.70. The maximum atomic E-state index is 13.3. The Morgan fingerprint density at radius 2 is 1.93 bits per heavy atom. The normalized spacial score (nSPS) is 30.4. The van der Waals surface area contributed by atoms with Gasteiger partial charge in [-0.25, -0.2) is 4.98 Å². The minimum absolute atomic E-state index is 0.290. The highest BCUT2D eigenvalue weighted by atomic mass is 16.5. The Morgan fingerprint density at radius 3 is 2.59 bits per heavy atom. The molecular weight excluding hydrogens is 364 g/mol. The second-order valence-corrected chi connectivity index (χ2v) is 8.70. The number of fused-ring (bicyclic) bond motifs is 2. The molecule has 4 fully saturated rings. The van der Waals surface area contributed by atoms with Crippen molar-refractivity contribution in [3.05, 3.63) is 48.0 Å². The van der Waals surface area contributed by atoms with Gasteiger partial charge < -0.3 is 14.2 Å². The van der Waals surface area contributed by atoms with Crippen molar-refractivity contribution in [2.75, 3.05) is 26.7 Å². The monoisotopic (exact) mass is 394 g/mol. The van der Waals surface area contributed by atoms with E-state index in [1.807, 2.05) is 25.3 Å². The van der Waals surface area contributed by atoms with Crippen molar-refractivity contribution in [3.8, 4) is 5.75 Å². The van der Waals surface area contributed by atoms with Crippen LogP contribution in [0, 0.1) is 12.8 Å². The van der Waals surface area contributed by atoms with Gasteiger partial charge in [0.15, 0.2) is 0 Å². The lowest BCUT2D eigenvalue weighted by molar-refractivity contribution is -0.136. The molecule has 0 spiro atoms. The van der Waals surface area contributed by atoms with E-state index in [1.165, 1.54) is 31.5 Å². The topological polar surface area (TPSA) is 50.6 Å². The summed E-state index contributed by atoms with van der Waals surface area (Å²) in [6.45, 7) is 5.88. The Morgan fingerprint density at radius 1 is 1.17 bits per heavy atom. The maximum absolute atomic E-state index is 13.3. The van der Waals surface area contributed by atoms with Crippen molar-refractivity contribution in [2.45, 2.75) is 50.7 Å². The van der Waals surface area contributed by atoms with Crippen LogP contribution in [0.2, 0.25) is 0 Å². The zero-order chi connectivity index (χ0) is 20.0. The fourth-order valence-corrected chi connectivity index (χ4v) is 5.85. The molecule has 3 atom stereocenters. The average Bonchev–Trinajstić information content (AvgIpc) is 3.38. The van der Waals surface area contributed by atoms with Crippen molar-refractivity contribution >= 4 is 5.91 Å². The van der Waals surface area contributed by atoms with E-state index < -0.39 is 0 Å². The minimum atomic E-state index is 0.290. The summed E-state index contributed by atoms with van der Waals surface area (Å²) in [5.41, 5.74) is 1.33. The molecule has 6 rings (SSSR count). The molecule has 0 unspecified atom stereocenters. The van der Waals surface area contributed by atoms with Crippen LogP contribution < -0.4 is 4.74 Å². The fourth-order valence-electron chi connectivity index (χ4n) is 5.85. The highest BCUT2D eigenvalue weighted by Gasteiger charge is 2.54. The van der Waals surface area contributed by atoms with Crippen LogP contribution in [0.5, 0.6) is 5.75 Å². The third-order valence-electron chi connectivity index (χ3n) is 7.35. The lowest BCUT2D eigenvalue weighted by Gasteiger charge is -2.51. The van der Waals surface area contributed by atoms with Crippen molar-refractivity contribution in [1.82, 2.24) is 19.4 Å². The first-order valence-electron chi connectivity index (χ1n) is 10.8. The smallest absolute Gasteiger partial charge is 0.224 e. The van der Waals surface area contributed by atoms with Crippen molar-refractivity contribution in [2.24, 2.45) is 5.92 Å². The zero-order valence-electron chi connectivity index (χ0n) is 17.3. The lowest BCUT2D eigenvalue weighted by atomic mass is 9.75. The van der Waals surface area contributed by atoms with Gasteiger partial charge in [0.2, 0.25) is 5.91 Å². The molecule has 4 aliphatic rings. The van der Waals surface area contributed by atoms with E-state index in [1.54, 1.807) is 13.3 Å². The third kappa shape index (κ3) is 3.23. The number of rotatable bonds is 5. The van der Waals surface area contributed by atoms with E-state index in [0.29, 0.717) is 36.9 Å². The molecule has 5 heterocycles. The molecule has 0 aliphatic carbocycles. The number of aromatic nitrogens is 2. The summed E-state index contributed by atoms with van der Waals surface area (Å²) in [6.07, 6.45) is 6.76. The molecule has 6 heteroatoms. The van der Waals surface area contributed by atoms with Crippen LogP contribution >= 0.6 is 0 Å². The summed E-state index contributed by atoms with van der Waals surface area (Å²) in [6, 6.07) is 9.29. The number of benzene rings is 1. The van der Waals surface area contributed by atoms with Crippen molar-refractivity contribution in [1.29, 1.82) is 0 Å². The van der Waals surface area contributed by atoms with Crippen LogP contribution in [0.4, 0.5) is 0 Å². The number of hydrogen-bond acceptors (Lipinski definition) is 4. The lowest BCUT2D eigenvalue weighted by Crippen LogP contribution is -2.60. The first-order chi connectivity index (χ1) is 14.2. The van der Waals surface area contributed by atoms with Gasteiger partial charge in [-0.2, -0.15) is 0 Å². The molecule has 1 aromatic heterocycles. The number of carbonyl (C=O) groups is 1. The SMILES string of the molecule is COc1ccc([C@@H]2CN(C(=O)CCn3ccnc3C)[C@@H]3C4CCN(CC4)[C@@H]32)cc1. The first kappa shape index (κ1) is 18.7. The number of amides is 1. The molecule has 2 aromatic rings. The predicted molar refractivity (Wildman–Crippen MR) is 111 cm³/mol. The third-order valence-corrected chi connectivity index (χ3v) is 7.35. The number of ether oxygens (including phenoxy) is 1. The van der Waals surface area contributed by atoms with E-state index in [-0.39, 0.29) is 5.91 Å². The van der Waals surface area contributed by atoms with E-state index in [2.05, 4.69) is 31.5 Å². The molecule has 6 nitrogen and oxygen atoms in total. The van der Waals surface area contributed by atoms with E-state index in [4.69, 9.17) is 4.74 Å². The summed E-state index contributed by atoms with van der Waals surface area (Å²) >= 11 is 0. The first-order valence-corrected chi connectivity index (χ1v) is 10.8. The van der Waals surface area contributed by atoms with Crippen LogP contribution in [-0.2, 0) is 11.3 Å². The standard InChI is InChI=1S/C23H30N4O2/c1-16-24-10-14-25(16)13-9-21(28)27-15-20(17-3-5-19(29-2)6-4-17)23-22(27)18-7-11-26(23)12-8-18/h3-6,10,14,18,20,22-23H,7-9,11-13,15H2,1-2H3/t20-,22+,23+/m0/s1.